The molecule has 0 amide bonds. The predicted octanol–water partition coefficient (Wildman–Crippen LogP) is 3.33. The summed E-state index contributed by atoms with van der Waals surface area (Å²) in [7, 11) is 1.11. The number of ether oxygens (including phenoxy) is 2. The van der Waals surface area contributed by atoms with E-state index in [4.69, 9.17) is 18.8 Å². The standard InChI is InChI=1S/C22H31BO5/c1-19(2)20(3,4)28-23(27-19)17-8-6-16(7-9-17)22-12-10-21(11-13-22,15-26-22)14-18(24)25-5/h6-9H,10-15H2,1-5H3. The molecule has 0 atom stereocenters. The maximum absolute atomic E-state index is 11.8. The Morgan fingerprint density at radius 1 is 1.00 bits per heavy atom. The van der Waals surface area contributed by atoms with Gasteiger partial charge < -0.3 is 18.8 Å². The van der Waals surface area contributed by atoms with E-state index in [1.807, 2.05) is 0 Å². The summed E-state index contributed by atoms with van der Waals surface area (Å²) in [5.41, 5.74) is 1.29. The molecule has 3 saturated heterocycles. The quantitative estimate of drug-likeness (QED) is 0.587. The molecule has 2 bridgehead atoms. The van der Waals surface area contributed by atoms with Crippen LogP contribution in [0.5, 0.6) is 0 Å². The number of fused-ring (bicyclic) bond motifs is 3. The number of hydrogen-bond donors (Lipinski definition) is 0. The third-order valence-corrected chi connectivity index (χ3v) is 7.48. The van der Waals surface area contributed by atoms with Crippen LogP contribution in [0, 0.1) is 5.41 Å². The van der Waals surface area contributed by atoms with Crippen molar-refractivity contribution in [1.29, 1.82) is 0 Å². The Kier molecular flexibility index (Phi) is 4.68. The van der Waals surface area contributed by atoms with Gasteiger partial charge in [0.1, 0.15) is 0 Å². The minimum atomic E-state index is -0.345. The lowest BCUT2D eigenvalue weighted by Crippen LogP contribution is -2.50. The maximum atomic E-state index is 11.8. The molecule has 6 heteroatoms. The highest BCUT2D eigenvalue weighted by atomic mass is 16.7. The van der Waals surface area contributed by atoms with Gasteiger partial charge in [-0.15, -0.1) is 0 Å². The Morgan fingerprint density at radius 3 is 2.04 bits per heavy atom. The second-order valence-electron chi connectivity index (χ2n) is 9.75. The summed E-state index contributed by atoms with van der Waals surface area (Å²) in [4.78, 5) is 11.8. The third kappa shape index (κ3) is 3.19. The van der Waals surface area contributed by atoms with Crippen LogP contribution >= 0.6 is 0 Å². The Labute approximate surface area is 168 Å². The second-order valence-corrected chi connectivity index (χ2v) is 9.75. The number of benzene rings is 1. The lowest BCUT2D eigenvalue weighted by molar-refractivity contribution is -0.196. The van der Waals surface area contributed by atoms with Crippen molar-refractivity contribution in [3.63, 3.8) is 0 Å². The summed E-state index contributed by atoms with van der Waals surface area (Å²) in [6.07, 6.45) is 4.35. The Balaban J connectivity index is 1.47. The highest BCUT2D eigenvalue weighted by molar-refractivity contribution is 6.62. The lowest BCUT2D eigenvalue weighted by Gasteiger charge is -2.53. The molecule has 3 heterocycles. The predicted molar refractivity (Wildman–Crippen MR) is 107 cm³/mol. The largest absolute Gasteiger partial charge is 0.494 e. The van der Waals surface area contributed by atoms with Gasteiger partial charge in [0.2, 0.25) is 0 Å². The van der Waals surface area contributed by atoms with E-state index in [9.17, 15) is 4.79 Å². The summed E-state index contributed by atoms with van der Waals surface area (Å²) in [5.74, 6) is -0.134. The van der Waals surface area contributed by atoms with Gasteiger partial charge in [-0.2, -0.15) is 0 Å². The van der Waals surface area contributed by atoms with Crippen molar-refractivity contribution in [3.8, 4) is 0 Å². The number of hydrogen-bond acceptors (Lipinski definition) is 5. The zero-order chi connectivity index (χ0) is 20.2. The monoisotopic (exact) mass is 386 g/mol. The second kappa shape index (κ2) is 6.58. The van der Waals surface area contributed by atoms with E-state index in [0.29, 0.717) is 13.0 Å². The number of carbonyl (C=O) groups is 1. The molecule has 1 aliphatic carbocycles. The van der Waals surface area contributed by atoms with E-state index in [1.54, 1.807) is 0 Å². The van der Waals surface area contributed by atoms with E-state index in [2.05, 4.69) is 52.0 Å². The highest BCUT2D eigenvalue weighted by Crippen LogP contribution is 2.55. The molecule has 152 valence electrons. The molecule has 5 nitrogen and oxygen atoms in total. The summed E-state index contributed by atoms with van der Waals surface area (Å²) >= 11 is 0. The van der Waals surface area contributed by atoms with Crippen LogP contribution < -0.4 is 5.46 Å². The van der Waals surface area contributed by atoms with Gasteiger partial charge in [0.15, 0.2) is 0 Å². The van der Waals surface area contributed by atoms with Crippen molar-refractivity contribution in [2.45, 2.75) is 76.6 Å². The van der Waals surface area contributed by atoms with Crippen LogP contribution in [0.15, 0.2) is 24.3 Å². The van der Waals surface area contributed by atoms with E-state index < -0.39 is 0 Å². The minimum absolute atomic E-state index is 0.0442. The van der Waals surface area contributed by atoms with Gasteiger partial charge in [-0.25, -0.2) is 0 Å². The molecule has 28 heavy (non-hydrogen) atoms. The van der Waals surface area contributed by atoms with Crippen LogP contribution in [0.1, 0.15) is 65.4 Å². The van der Waals surface area contributed by atoms with E-state index >= 15 is 0 Å². The fourth-order valence-electron chi connectivity index (χ4n) is 4.67. The van der Waals surface area contributed by atoms with Crippen LogP contribution in [0.3, 0.4) is 0 Å². The molecule has 5 rings (SSSR count). The van der Waals surface area contributed by atoms with Crippen molar-refractivity contribution in [2.24, 2.45) is 5.41 Å². The van der Waals surface area contributed by atoms with Crippen LogP contribution in [0.4, 0.5) is 0 Å². The van der Waals surface area contributed by atoms with Crippen molar-refractivity contribution in [2.75, 3.05) is 13.7 Å². The molecule has 4 fully saturated rings. The molecule has 0 spiro atoms. The molecule has 1 saturated carbocycles. The topological polar surface area (TPSA) is 54.0 Å². The van der Waals surface area contributed by atoms with Gasteiger partial charge in [0.25, 0.3) is 0 Å². The first-order valence-corrected chi connectivity index (χ1v) is 10.3. The van der Waals surface area contributed by atoms with Gasteiger partial charge in [0, 0.05) is 5.41 Å². The minimum Gasteiger partial charge on any atom is -0.469 e. The molecular weight excluding hydrogens is 355 g/mol. The molecule has 0 unspecified atom stereocenters. The summed E-state index contributed by atoms with van der Waals surface area (Å²) in [5, 5.41) is 0. The Morgan fingerprint density at radius 2 is 1.57 bits per heavy atom. The van der Waals surface area contributed by atoms with Crippen molar-refractivity contribution in [3.05, 3.63) is 29.8 Å². The SMILES string of the molecule is COC(=O)CC12CCC(c3ccc(B4OC(C)(C)C(C)(C)O4)cc3)(CC1)OC2. The molecule has 3 aliphatic heterocycles. The first-order valence-electron chi connectivity index (χ1n) is 10.3. The first kappa shape index (κ1) is 19.9. The van der Waals surface area contributed by atoms with Crippen LogP contribution in [0.25, 0.3) is 0 Å². The van der Waals surface area contributed by atoms with Gasteiger partial charge >= 0.3 is 13.1 Å². The lowest BCUT2D eigenvalue weighted by atomic mass is 9.62. The Bertz CT molecular complexity index is 714. The summed E-state index contributed by atoms with van der Waals surface area (Å²) in [6.45, 7) is 8.90. The van der Waals surface area contributed by atoms with Crippen LogP contribution in [0.2, 0.25) is 0 Å². The van der Waals surface area contributed by atoms with Crippen molar-refractivity contribution < 1.29 is 23.6 Å². The van der Waals surface area contributed by atoms with Crippen molar-refractivity contribution >= 4 is 18.6 Å². The van der Waals surface area contributed by atoms with E-state index in [-0.39, 0.29) is 35.3 Å². The average molecular weight is 386 g/mol. The molecule has 4 aliphatic rings. The van der Waals surface area contributed by atoms with Gasteiger partial charge in [-0.1, -0.05) is 24.3 Å². The van der Waals surface area contributed by atoms with Gasteiger partial charge in [-0.3, -0.25) is 4.79 Å². The summed E-state index contributed by atoms with van der Waals surface area (Å²) < 4.78 is 23.6. The smallest absolute Gasteiger partial charge is 0.469 e. The number of carbonyl (C=O) groups excluding carboxylic acids is 1. The molecule has 1 aromatic carbocycles. The Hall–Kier alpha value is -1.37. The third-order valence-electron chi connectivity index (χ3n) is 7.48. The number of esters is 1. The normalized spacial score (nSPS) is 33.1. The molecular formula is C22H31BO5. The zero-order valence-corrected chi connectivity index (χ0v) is 17.7. The number of rotatable bonds is 4. The van der Waals surface area contributed by atoms with E-state index in [0.717, 1.165) is 31.1 Å². The zero-order valence-electron chi connectivity index (χ0n) is 17.7. The molecule has 0 aromatic heterocycles. The van der Waals surface area contributed by atoms with Gasteiger partial charge in [0.05, 0.1) is 36.9 Å². The molecule has 1 aromatic rings. The summed E-state index contributed by atoms with van der Waals surface area (Å²) in [6, 6.07) is 8.50. The fourth-order valence-corrected chi connectivity index (χ4v) is 4.67. The molecule has 0 N–H and O–H groups in total. The fraction of sp³-hybridized carbons (Fsp3) is 0.682. The van der Waals surface area contributed by atoms with Crippen LogP contribution in [-0.4, -0.2) is 38.0 Å². The van der Waals surface area contributed by atoms with Gasteiger partial charge in [-0.05, 0) is 64.4 Å². The number of methoxy groups -OCH3 is 1. The van der Waals surface area contributed by atoms with E-state index in [1.165, 1.54) is 12.7 Å². The average Bonchev–Trinajstić information content (AvgIpc) is 2.90. The highest BCUT2D eigenvalue weighted by Gasteiger charge is 2.53. The van der Waals surface area contributed by atoms with Crippen LogP contribution in [-0.2, 0) is 29.2 Å². The maximum Gasteiger partial charge on any atom is 0.494 e. The molecule has 0 radical (unpaired) electrons. The van der Waals surface area contributed by atoms with Crippen molar-refractivity contribution in [1.82, 2.24) is 0 Å². The first-order chi connectivity index (χ1) is 13.1.